The molecule has 1 unspecified atom stereocenters. The van der Waals surface area contributed by atoms with Gasteiger partial charge in [0, 0.05) is 50.6 Å². The number of benzene rings is 1. The normalized spacial score (nSPS) is 20.9. The average Bonchev–Trinajstić information content (AvgIpc) is 3.31. The molecule has 2 heterocycles. The van der Waals surface area contributed by atoms with E-state index in [2.05, 4.69) is 34.3 Å². The van der Waals surface area contributed by atoms with Gasteiger partial charge in [0.2, 0.25) is 5.91 Å². The van der Waals surface area contributed by atoms with Gasteiger partial charge in [0.15, 0.2) is 0 Å². The molecule has 0 spiro atoms. The number of amides is 1. The molecule has 1 aliphatic heterocycles. The molecule has 5 nitrogen and oxygen atoms in total. The van der Waals surface area contributed by atoms with E-state index in [1.807, 2.05) is 31.3 Å². The van der Waals surface area contributed by atoms with E-state index in [1.54, 1.807) is 17.0 Å². The number of likely N-dealkylation sites (N-methyl/N-ethyl adjacent to an activating group) is 1. The molecule has 0 N–H and O–H groups in total. The van der Waals surface area contributed by atoms with Crippen LogP contribution in [0.5, 0.6) is 0 Å². The highest BCUT2D eigenvalue weighted by Crippen LogP contribution is 2.28. The Labute approximate surface area is 161 Å². The van der Waals surface area contributed by atoms with Gasteiger partial charge in [-0.05, 0) is 49.4 Å². The Bertz CT molecular complexity index is 815. The van der Waals surface area contributed by atoms with E-state index in [-0.39, 0.29) is 11.9 Å². The van der Waals surface area contributed by atoms with Gasteiger partial charge >= 0.3 is 0 Å². The predicted octanol–water partition coefficient (Wildman–Crippen LogP) is 2.52. The zero-order chi connectivity index (χ0) is 18.8. The predicted molar refractivity (Wildman–Crippen MR) is 107 cm³/mol. The van der Waals surface area contributed by atoms with Gasteiger partial charge in [-0.2, -0.15) is 5.10 Å². The molecule has 1 aromatic heterocycles. The van der Waals surface area contributed by atoms with Crippen molar-refractivity contribution in [3.63, 3.8) is 0 Å². The van der Waals surface area contributed by atoms with Gasteiger partial charge in [-0.25, -0.2) is 0 Å². The number of hydrogen-bond acceptors (Lipinski definition) is 3. The van der Waals surface area contributed by atoms with Crippen LogP contribution in [0, 0.1) is 0 Å². The summed E-state index contributed by atoms with van der Waals surface area (Å²) < 4.78 is 1.74. The van der Waals surface area contributed by atoms with E-state index < -0.39 is 0 Å². The summed E-state index contributed by atoms with van der Waals surface area (Å²) in [5.41, 5.74) is 3.94. The second-order valence-electron chi connectivity index (χ2n) is 7.85. The van der Waals surface area contributed by atoms with Crippen molar-refractivity contribution in [2.45, 2.75) is 37.8 Å². The summed E-state index contributed by atoms with van der Waals surface area (Å²) in [5, 5.41) is 4.13. The number of rotatable bonds is 4. The maximum absolute atomic E-state index is 12.6. The van der Waals surface area contributed by atoms with Crippen LogP contribution in [0.25, 0.3) is 6.08 Å². The molecule has 1 fully saturated rings. The van der Waals surface area contributed by atoms with E-state index in [0.29, 0.717) is 6.04 Å². The van der Waals surface area contributed by atoms with Gasteiger partial charge < -0.3 is 4.90 Å². The summed E-state index contributed by atoms with van der Waals surface area (Å²) in [6.07, 6.45) is 11.7. The van der Waals surface area contributed by atoms with E-state index in [9.17, 15) is 4.79 Å². The van der Waals surface area contributed by atoms with Crippen molar-refractivity contribution in [1.82, 2.24) is 19.6 Å². The quantitative estimate of drug-likeness (QED) is 0.783. The van der Waals surface area contributed by atoms with E-state index >= 15 is 0 Å². The first-order valence-corrected chi connectivity index (χ1v) is 9.84. The van der Waals surface area contributed by atoms with Crippen LogP contribution in [0.3, 0.4) is 0 Å². The molecule has 2 aliphatic rings. The minimum atomic E-state index is 0.0698. The van der Waals surface area contributed by atoms with E-state index in [0.717, 1.165) is 44.3 Å². The SMILES string of the molecule is CN(C(=O)C=Cc1cnn(C)c1)C1CCCN(C2Cc3ccccc3C2)C1. The lowest BCUT2D eigenvalue weighted by Gasteiger charge is -2.40. The minimum absolute atomic E-state index is 0.0698. The first-order chi connectivity index (χ1) is 13.1. The van der Waals surface area contributed by atoms with Crippen LogP contribution in [-0.2, 0) is 24.7 Å². The molecule has 0 bridgehead atoms. The molecule has 0 radical (unpaired) electrons. The Morgan fingerprint density at radius 1 is 1.26 bits per heavy atom. The van der Waals surface area contributed by atoms with Crippen LogP contribution in [0.1, 0.15) is 29.5 Å². The summed E-state index contributed by atoms with van der Waals surface area (Å²) in [4.78, 5) is 17.1. The van der Waals surface area contributed by atoms with Crippen LogP contribution in [0.4, 0.5) is 0 Å². The second-order valence-corrected chi connectivity index (χ2v) is 7.85. The van der Waals surface area contributed by atoms with Gasteiger partial charge in [0.05, 0.1) is 6.20 Å². The number of aryl methyl sites for hydroxylation is 1. The fraction of sp³-hybridized carbons (Fsp3) is 0.455. The molecule has 4 rings (SSSR count). The summed E-state index contributed by atoms with van der Waals surface area (Å²) in [5.74, 6) is 0.0698. The molecule has 1 atom stereocenters. The lowest BCUT2D eigenvalue weighted by atomic mass is 10.0. The van der Waals surface area contributed by atoms with Crippen LogP contribution in [0.2, 0.25) is 0 Å². The Kier molecular flexibility index (Phi) is 5.12. The fourth-order valence-corrected chi connectivity index (χ4v) is 4.42. The standard InChI is InChI=1S/C22H28N4O/c1-24-15-17(14-23-24)9-10-22(27)25(2)20-8-5-11-26(16-20)21-12-18-6-3-4-7-19(18)13-21/h3-4,6-7,9-10,14-15,20-21H,5,8,11-13,16H2,1-2H3. The molecular weight excluding hydrogens is 336 g/mol. The van der Waals surface area contributed by atoms with Crippen molar-refractivity contribution in [3.05, 3.63) is 59.4 Å². The third kappa shape index (κ3) is 3.98. The minimum Gasteiger partial charge on any atom is -0.338 e. The number of hydrogen-bond donors (Lipinski definition) is 0. The number of aromatic nitrogens is 2. The lowest BCUT2D eigenvalue weighted by Crippen LogP contribution is -2.51. The topological polar surface area (TPSA) is 41.4 Å². The zero-order valence-corrected chi connectivity index (χ0v) is 16.2. The van der Waals surface area contributed by atoms with Crippen LogP contribution >= 0.6 is 0 Å². The Balaban J connectivity index is 1.36. The van der Waals surface area contributed by atoms with Crippen molar-refractivity contribution in [2.75, 3.05) is 20.1 Å². The molecule has 1 aliphatic carbocycles. The highest BCUT2D eigenvalue weighted by atomic mass is 16.2. The Hall–Kier alpha value is -2.40. The van der Waals surface area contributed by atoms with Crippen molar-refractivity contribution in [1.29, 1.82) is 0 Å². The Morgan fingerprint density at radius 3 is 2.67 bits per heavy atom. The molecule has 27 heavy (non-hydrogen) atoms. The first kappa shape index (κ1) is 18.0. The second kappa shape index (κ2) is 7.69. The molecule has 5 heteroatoms. The number of likely N-dealkylation sites (tertiary alicyclic amines) is 1. The smallest absolute Gasteiger partial charge is 0.246 e. The maximum Gasteiger partial charge on any atom is 0.246 e. The fourth-order valence-electron chi connectivity index (χ4n) is 4.42. The van der Waals surface area contributed by atoms with E-state index in [4.69, 9.17) is 0 Å². The van der Waals surface area contributed by atoms with Crippen LogP contribution in [-0.4, -0.2) is 57.7 Å². The van der Waals surface area contributed by atoms with Crippen molar-refractivity contribution >= 4 is 12.0 Å². The monoisotopic (exact) mass is 364 g/mol. The number of carbonyl (C=O) groups is 1. The van der Waals surface area contributed by atoms with Gasteiger partial charge in [0.1, 0.15) is 0 Å². The van der Waals surface area contributed by atoms with Gasteiger partial charge in [-0.3, -0.25) is 14.4 Å². The summed E-state index contributed by atoms with van der Waals surface area (Å²) >= 11 is 0. The molecule has 142 valence electrons. The highest BCUT2D eigenvalue weighted by molar-refractivity contribution is 5.91. The molecule has 2 aromatic rings. The maximum atomic E-state index is 12.6. The lowest BCUT2D eigenvalue weighted by molar-refractivity contribution is -0.127. The van der Waals surface area contributed by atoms with Crippen LogP contribution in [0.15, 0.2) is 42.7 Å². The van der Waals surface area contributed by atoms with Crippen LogP contribution < -0.4 is 0 Å². The average molecular weight is 364 g/mol. The summed E-state index contributed by atoms with van der Waals surface area (Å²) in [6, 6.07) is 9.67. The summed E-state index contributed by atoms with van der Waals surface area (Å²) in [6.45, 7) is 2.12. The highest BCUT2D eigenvalue weighted by Gasteiger charge is 2.32. The molecule has 1 aromatic carbocycles. The third-order valence-electron chi connectivity index (χ3n) is 6.01. The van der Waals surface area contributed by atoms with Crippen molar-refractivity contribution in [2.24, 2.45) is 7.05 Å². The largest absolute Gasteiger partial charge is 0.338 e. The molecular formula is C22H28N4O. The van der Waals surface area contributed by atoms with Gasteiger partial charge in [-0.15, -0.1) is 0 Å². The van der Waals surface area contributed by atoms with Crippen molar-refractivity contribution < 1.29 is 4.79 Å². The number of nitrogens with zero attached hydrogens (tertiary/aromatic N) is 4. The summed E-state index contributed by atoms with van der Waals surface area (Å²) in [7, 11) is 3.82. The third-order valence-corrected chi connectivity index (χ3v) is 6.01. The van der Waals surface area contributed by atoms with Gasteiger partial charge in [0.25, 0.3) is 0 Å². The molecule has 1 saturated heterocycles. The first-order valence-electron chi connectivity index (χ1n) is 9.84. The van der Waals surface area contributed by atoms with E-state index in [1.165, 1.54) is 11.1 Å². The number of piperidine rings is 1. The zero-order valence-electron chi connectivity index (χ0n) is 16.2. The molecule has 0 saturated carbocycles. The van der Waals surface area contributed by atoms with Crippen molar-refractivity contribution in [3.8, 4) is 0 Å². The molecule has 1 amide bonds. The number of carbonyl (C=O) groups excluding carboxylic acids is 1. The van der Waals surface area contributed by atoms with Gasteiger partial charge in [-0.1, -0.05) is 24.3 Å². The Morgan fingerprint density at radius 2 is 2.00 bits per heavy atom. The number of fused-ring (bicyclic) bond motifs is 1.